The van der Waals surface area contributed by atoms with Crippen LogP contribution < -0.4 is 0 Å². The third-order valence-electron chi connectivity index (χ3n) is 2.24. The van der Waals surface area contributed by atoms with Gasteiger partial charge in [-0.25, -0.2) is 0 Å². The molecule has 0 aliphatic heterocycles. The van der Waals surface area contributed by atoms with Crippen LogP contribution in [-0.4, -0.2) is 5.71 Å². The molecule has 0 atom stereocenters. The second-order valence-corrected chi connectivity index (χ2v) is 3.89. The van der Waals surface area contributed by atoms with Crippen LogP contribution in [0.2, 0.25) is 5.02 Å². The van der Waals surface area contributed by atoms with Crippen LogP contribution in [0.4, 0.5) is 5.69 Å². The predicted octanol–water partition coefficient (Wildman–Crippen LogP) is 4.48. The quantitative estimate of drug-likeness (QED) is 0.675. The average Bonchev–Trinajstić information content (AvgIpc) is 2.33. The molecular formula is C14H12ClN. The average molecular weight is 231 g/mol. The minimum absolute atomic E-state index is 0.431. The molecular weight excluding hydrogens is 218 g/mol. The lowest BCUT2D eigenvalue weighted by atomic mass is 10.1. The Hall–Kier alpha value is -1.60. The number of aliphatic imine (C=N–C) groups is 1. The molecule has 2 aromatic carbocycles. The molecule has 0 unspecified atom stereocenters. The highest BCUT2D eigenvalue weighted by molar-refractivity contribution is 6.30. The highest BCUT2D eigenvalue weighted by Crippen LogP contribution is 2.15. The largest absolute Gasteiger partial charge is 0.253 e. The molecule has 80 valence electrons. The van der Waals surface area contributed by atoms with Gasteiger partial charge in [-0.2, -0.15) is 0 Å². The number of hydrogen-bond donors (Lipinski definition) is 0. The Morgan fingerprint density at radius 1 is 1.12 bits per heavy atom. The highest BCUT2D eigenvalue weighted by Gasteiger charge is 1.97. The Kier molecular flexibility index (Phi) is 2.97. The van der Waals surface area contributed by atoms with Crippen LogP contribution in [0.1, 0.15) is 13.9 Å². The van der Waals surface area contributed by atoms with Crippen LogP contribution in [0.25, 0.3) is 0 Å². The summed E-state index contributed by atoms with van der Waals surface area (Å²) < 4.78 is 7.73. The van der Waals surface area contributed by atoms with Crippen LogP contribution in [0.3, 0.4) is 0 Å². The van der Waals surface area contributed by atoms with Crippen molar-refractivity contribution in [1.82, 2.24) is 0 Å². The van der Waals surface area contributed by atoms with E-state index in [1.807, 2.05) is 49.4 Å². The smallest absolute Gasteiger partial charge is 0.0646 e. The summed E-state index contributed by atoms with van der Waals surface area (Å²) >= 11 is 5.83. The molecule has 2 heteroatoms. The molecule has 16 heavy (non-hydrogen) atoms. The number of halogens is 1. The van der Waals surface area contributed by atoms with Crippen molar-refractivity contribution in [2.45, 2.75) is 6.92 Å². The van der Waals surface area contributed by atoms with E-state index in [2.05, 4.69) is 4.99 Å². The van der Waals surface area contributed by atoms with Crippen molar-refractivity contribution in [2.75, 3.05) is 0 Å². The van der Waals surface area contributed by atoms with Gasteiger partial charge in [-0.3, -0.25) is 4.99 Å². The maximum atomic E-state index is 7.73. The zero-order valence-corrected chi connectivity index (χ0v) is 9.70. The van der Waals surface area contributed by atoms with Gasteiger partial charge in [0, 0.05) is 10.7 Å². The molecule has 0 spiro atoms. The first-order valence-electron chi connectivity index (χ1n) is 5.53. The van der Waals surface area contributed by atoms with E-state index in [1.54, 1.807) is 6.07 Å². The van der Waals surface area contributed by atoms with Gasteiger partial charge in [0.1, 0.15) is 0 Å². The molecule has 0 heterocycles. The molecule has 0 N–H and O–H groups in total. The first-order chi connectivity index (χ1) is 8.16. The van der Waals surface area contributed by atoms with E-state index in [9.17, 15) is 0 Å². The van der Waals surface area contributed by atoms with Crippen molar-refractivity contribution in [3.05, 3.63) is 65.2 Å². The van der Waals surface area contributed by atoms with E-state index >= 15 is 0 Å². The van der Waals surface area contributed by atoms with Crippen LogP contribution in [0.15, 0.2) is 59.6 Å². The summed E-state index contributed by atoms with van der Waals surface area (Å²) in [6.45, 7) is 1.93. The van der Waals surface area contributed by atoms with Gasteiger partial charge in [0.25, 0.3) is 0 Å². The van der Waals surface area contributed by atoms with Gasteiger partial charge in [0.15, 0.2) is 0 Å². The van der Waals surface area contributed by atoms with Crippen molar-refractivity contribution in [1.29, 1.82) is 0 Å². The number of para-hydroxylation sites is 1. The number of nitrogens with zero attached hydrogens (tertiary/aromatic N) is 1. The zero-order chi connectivity index (χ0) is 12.3. The highest BCUT2D eigenvalue weighted by atomic mass is 35.5. The fraction of sp³-hybridized carbons (Fsp3) is 0.0714. The first-order valence-corrected chi connectivity index (χ1v) is 5.41. The number of rotatable bonds is 2. The van der Waals surface area contributed by atoms with Gasteiger partial charge >= 0.3 is 0 Å². The van der Waals surface area contributed by atoms with Crippen molar-refractivity contribution in [2.24, 2.45) is 4.99 Å². The van der Waals surface area contributed by atoms with E-state index in [1.165, 1.54) is 0 Å². The third kappa shape index (κ3) is 2.71. The lowest BCUT2D eigenvalue weighted by Gasteiger charge is -2.01. The summed E-state index contributed by atoms with van der Waals surface area (Å²) in [5.41, 5.74) is 2.57. The predicted molar refractivity (Wildman–Crippen MR) is 69.8 cm³/mol. The summed E-state index contributed by atoms with van der Waals surface area (Å²) in [5.74, 6) is 0. The maximum absolute atomic E-state index is 7.73. The Morgan fingerprint density at radius 3 is 2.56 bits per heavy atom. The normalized spacial score (nSPS) is 12.4. The van der Waals surface area contributed by atoms with Gasteiger partial charge < -0.3 is 0 Å². The van der Waals surface area contributed by atoms with Crippen molar-refractivity contribution in [3.63, 3.8) is 0 Å². The first kappa shape index (κ1) is 9.61. The molecule has 0 bridgehead atoms. The Bertz CT molecular complexity index is 546. The van der Waals surface area contributed by atoms with E-state index in [0.29, 0.717) is 16.8 Å². The lowest BCUT2D eigenvalue weighted by molar-refractivity contribution is 1.47. The molecule has 2 aromatic rings. The van der Waals surface area contributed by atoms with Crippen molar-refractivity contribution < 1.29 is 1.37 Å². The molecule has 0 radical (unpaired) electrons. The maximum Gasteiger partial charge on any atom is 0.0646 e. The topological polar surface area (TPSA) is 12.4 Å². The Balaban J connectivity index is 2.34. The van der Waals surface area contributed by atoms with E-state index < -0.39 is 0 Å². The molecule has 0 aliphatic carbocycles. The van der Waals surface area contributed by atoms with Gasteiger partial charge in [-0.15, -0.1) is 0 Å². The molecule has 0 amide bonds. The van der Waals surface area contributed by atoms with E-state index in [0.717, 1.165) is 11.3 Å². The van der Waals surface area contributed by atoms with Crippen LogP contribution in [0.5, 0.6) is 0 Å². The summed E-state index contributed by atoms with van der Waals surface area (Å²) in [6, 6.07) is 15.2. The Morgan fingerprint density at radius 2 is 1.88 bits per heavy atom. The molecule has 2 rings (SSSR count). The van der Waals surface area contributed by atoms with Gasteiger partial charge in [0.2, 0.25) is 0 Å². The van der Waals surface area contributed by atoms with E-state index in [4.69, 9.17) is 13.0 Å². The zero-order valence-electron chi connectivity index (χ0n) is 9.94. The number of hydrogen-bond acceptors (Lipinski definition) is 1. The van der Waals surface area contributed by atoms with Crippen molar-refractivity contribution in [3.8, 4) is 0 Å². The fourth-order valence-corrected chi connectivity index (χ4v) is 1.52. The third-order valence-corrected chi connectivity index (χ3v) is 2.49. The van der Waals surface area contributed by atoms with Gasteiger partial charge in [-0.05, 0) is 36.7 Å². The molecule has 1 nitrogen and oxygen atoms in total. The second kappa shape index (κ2) is 4.95. The molecule has 0 aromatic heterocycles. The van der Waals surface area contributed by atoms with E-state index in [-0.39, 0.29) is 0 Å². The standard InChI is InChI=1S/C14H12ClN/c1-11(12-7-9-13(15)10-8-12)16-14-5-3-2-4-6-14/h2-10H,1H3/b16-11-/i5D. The number of benzene rings is 2. The summed E-state index contributed by atoms with van der Waals surface area (Å²) in [5, 5.41) is 0.711. The molecule has 0 fully saturated rings. The van der Waals surface area contributed by atoms with Crippen LogP contribution in [-0.2, 0) is 0 Å². The summed E-state index contributed by atoms with van der Waals surface area (Å²) in [7, 11) is 0. The van der Waals surface area contributed by atoms with Crippen molar-refractivity contribution >= 4 is 23.0 Å². The summed E-state index contributed by atoms with van der Waals surface area (Å²) in [4.78, 5) is 4.44. The molecule has 0 aliphatic rings. The minimum atomic E-state index is 0.431. The lowest BCUT2D eigenvalue weighted by Crippen LogP contribution is -1.92. The van der Waals surface area contributed by atoms with Gasteiger partial charge in [0.05, 0.1) is 7.06 Å². The SMILES string of the molecule is [2H]c1ccccc1/N=C(/C)c1ccc(Cl)cc1. The fourth-order valence-electron chi connectivity index (χ4n) is 1.39. The minimum Gasteiger partial charge on any atom is -0.253 e. The Labute approximate surface area is 102 Å². The molecule has 0 saturated carbocycles. The van der Waals surface area contributed by atoms with Crippen LogP contribution >= 0.6 is 11.6 Å². The van der Waals surface area contributed by atoms with Crippen LogP contribution in [0, 0.1) is 0 Å². The second-order valence-electron chi connectivity index (χ2n) is 3.45. The monoisotopic (exact) mass is 230 g/mol. The van der Waals surface area contributed by atoms with Gasteiger partial charge in [-0.1, -0.05) is 41.9 Å². The summed E-state index contributed by atoms with van der Waals surface area (Å²) in [6.07, 6.45) is 0. The molecule has 0 saturated heterocycles.